The van der Waals surface area contributed by atoms with Crippen LogP contribution in [0.15, 0.2) is 30.3 Å². The minimum atomic E-state index is 0.0768. The summed E-state index contributed by atoms with van der Waals surface area (Å²) in [6, 6.07) is 11.1. The molecule has 2 fully saturated rings. The number of amides is 1. The molecule has 0 bridgehead atoms. The molecule has 0 spiro atoms. The summed E-state index contributed by atoms with van der Waals surface area (Å²) in [6.07, 6.45) is 4.36. The zero-order valence-corrected chi connectivity index (χ0v) is 12.2. The van der Waals surface area contributed by atoms with Crippen LogP contribution < -0.4 is 5.32 Å². The Hall–Kier alpha value is -1.35. The first kappa shape index (κ1) is 13.6. The van der Waals surface area contributed by atoms with E-state index in [0.29, 0.717) is 17.9 Å². The van der Waals surface area contributed by atoms with Gasteiger partial charge in [0.2, 0.25) is 5.91 Å². The van der Waals surface area contributed by atoms with Crippen molar-refractivity contribution in [3.05, 3.63) is 35.9 Å². The van der Waals surface area contributed by atoms with Crippen LogP contribution in [0.4, 0.5) is 0 Å². The van der Waals surface area contributed by atoms with E-state index in [2.05, 4.69) is 47.5 Å². The van der Waals surface area contributed by atoms with Gasteiger partial charge in [-0.2, -0.15) is 0 Å². The number of likely N-dealkylation sites (tertiary alicyclic amines) is 1. The summed E-state index contributed by atoms with van der Waals surface area (Å²) < 4.78 is 0. The Labute approximate surface area is 121 Å². The Kier molecular flexibility index (Phi) is 4.06. The van der Waals surface area contributed by atoms with Crippen LogP contribution in [0.1, 0.15) is 31.7 Å². The zero-order valence-electron chi connectivity index (χ0n) is 12.2. The first-order valence-electron chi connectivity index (χ1n) is 7.83. The van der Waals surface area contributed by atoms with Gasteiger partial charge in [0.25, 0.3) is 0 Å². The highest BCUT2D eigenvalue weighted by molar-refractivity contribution is 5.82. The van der Waals surface area contributed by atoms with Gasteiger partial charge in [0.1, 0.15) is 0 Å². The first-order chi connectivity index (χ1) is 9.75. The van der Waals surface area contributed by atoms with E-state index < -0.39 is 0 Å². The minimum absolute atomic E-state index is 0.0768. The van der Waals surface area contributed by atoms with E-state index in [1.54, 1.807) is 0 Å². The number of hydrogen-bond acceptors (Lipinski definition) is 2. The maximum atomic E-state index is 12.5. The summed E-state index contributed by atoms with van der Waals surface area (Å²) in [7, 11) is 0. The normalized spacial score (nSPS) is 29.9. The third kappa shape index (κ3) is 2.73. The van der Waals surface area contributed by atoms with Gasteiger partial charge in [-0.3, -0.25) is 4.79 Å². The lowest BCUT2D eigenvalue weighted by Gasteiger charge is -2.27. The van der Waals surface area contributed by atoms with E-state index in [9.17, 15) is 4.79 Å². The average Bonchev–Trinajstić information content (AvgIpc) is 3.11. The molecule has 2 heterocycles. The molecule has 3 heteroatoms. The van der Waals surface area contributed by atoms with Crippen LogP contribution >= 0.6 is 0 Å². The lowest BCUT2D eigenvalue weighted by molar-refractivity contribution is -0.133. The third-order valence-corrected chi connectivity index (χ3v) is 4.90. The Bertz CT molecular complexity index is 453. The summed E-state index contributed by atoms with van der Waals surface area (Å²) in [6.45, 7) is 4.13. The largest absolute Gasteiger partial charge is 0.338 e. The summed E-state index contributed by atoms with van der Waals surface area (Å²) in [5.74, 6) is 0.924. The fraction of sp³-hybridized carbons (Fsp3) is 0.588. The van der Waals surface area contributed by atoms with Gasteiger partial charge in [-0.1, -0.05) is 30.3 Å². The highest BCUT2D eigenvalue weighted by Gasteiger charge is 2.37. The van der Waals surface area contributed by atoms with Gasteiger partial charge in [-0.25, -0.2) is 0 Å². The van der Waals surface area contributed by atoms with Gasteiger partial charge < -0.3 is 10.2 Å². The number of benzene rings is 1. The van der Waals surface area contributed by atoms with Gasteiger partial charge in [0.05, 0.1) is 6.04 Å². The third-order valence-electron chi connectivity index (χ3n) is 4.90. The van der Waals surface area contributed by atoms with Crippen molar-refractivity contribution in [2.45, 2.75) is 44.7 Å². The monoisotopic (exact) mass is 272 g/mol. The predicted molar refractivity (Wildman–Crippen MR) is 80.5 cm³/mol. The molecule has 1 aromatic carbocycles. The molecule has 3 rings (SSSR count). The average molecular weight is 272 g/mol. The van der Waals surface area contributed by atoms with Crippen LogP contribution in [-0.4, -0.2) is 36.0 Å². The SMILES string of the molecule is C[C@@H]1[C@H](Cc2ccccc2)CCN1C(=O)[C@@H]1CCCN1. The quantitative estimate of drug-likeness (QED) is 0.915. The van der Waals surface area contributed by atoms with Gasteiger partial charge in [0, 0.05) is 12.6 Å². The predicted octanol–water partition coefficient (Wildman–Crippen LogP) is 2.22. The standard InChI is InChI=1S/C17H24N2O/c1-13-15(12-14-6-3-2-4-7-14)9-11-19(13)17(20)16-8-5-10-18-16/h2-4,6-7,13,15-16,18H,5,8-12H2,1H3/t13-,15+,16+/m1/s1. The van der Waals surface area contributed by atoms with Crippen molar-refractivity contribution in [1.29, 1.82) is 0 Å². The smallest absolute Gasteiger partial charge is 0.239 e. The van der Waals surface area contributed by atoms with E-state index in [1.807, 2.05) is 0 Å². The van der Waals surface area contributed by atoms with Crippen LogP contribution in [0.5, 0.6) is 0 Å². The number of hydrogen-bond donors (Lipinski definition) is 1. The van der Waals surface area contributed by atoms with Crippen molar-refractivity contribution in [3.63, 3.8) is 0 Å². The Balaban J connectivity index is 1.61. The van der Waals surface area contributed by atoms with Crippen LogP contribution in [-0.2, 0) is 11.2 Å². The molecular weight excluding hydrogens is 248 g/mol. The molecule has 1 N–H and O–H groups in total. The van der Waals surface area contributed by atoms with Crippen molar-refractivity contribution in [1.82, 2.24) is 10.2 Å². The number of rotatable bonds is 3. The number of carbonyl (C=O) groups excluding carboxylic acids is 1. The molecule has 0 unspecified atom stereocenters. The molecule has 108 valence electrons. The molecule has 0 radical (unpaired) electrons. The van der Waals surface area contributed by atoms with E-state index in [0.717, 1.165) is 38.8 Å². The summed E-state index contributed by atoms with van der Waals surface area (Å²) >= 11 is 0. The minimum Gasteiger partial charge on any atom is -0.338 e. The highest BCUT2D eigenvalue weighted by atomic mass is 16.2. The van der Waals surface area contributed by atoms with Crippen molar-refractivity contribution >= 4 is 5.91 Å². The molecule has 0 saturated carbocycles. The summed E-state index contributed by atoms with van der Waals surface area (Å²) in [5, 5.41) is 3.33. The fourth-order valence-corrected chi connectivity index (χ4v) is 3.60. The molecule has 2 aliphatic rings. The van der Waals surface area contributed by atoms with E-state index in [1.165, 1.54) is 5.56 Å². The Morgan fingerprint density at radius 3 is 2.80 bits per heavy atom. The molecule has 3 atom stereocenters. The molecule has 3 nitrogen and oxygen atoms in total. The Morgan fingerprint density at radius 2 is 2.10 bits per heavy atom. The van der Waals surface area contributed by atoms with Gasteiger partial charge >= 0.3 is 0 Å². The maximum absolute atomic E-state index is 12.5. The molecule has 20 heavy (non-hydrogen) atoms. The van der Waals surface area contributed by atoms with E-state index >= 15 is 0 Å². The van der Waals surface area contributed by atoms with Gasteiger partial charge in [-0.05, 0) is 50.6 Å². The fourth-order valence-electron chi connectivity index (χ4n) is 3.60. The van der Waals surface area contributed by atoms with Crippen molar-refractivity contribution in [2.75, 3.05) is 13.1 Å². The molecule has 1 amide bonds. The summed E-state index contributed by atoms with van der Waals surface area (Å²) in [5.41, 5.74) is 1.39. The van der Waals surface area contributed by atoms with Crippen LogP contribution in [0, 0.1) is 5.92 Å². The maximum Gasteiger partial charge on any atom is 0.239 e. The number of nitrogens with one attached hydrogen (secondary N) is 1. The van der Waals surface area contributed by atoms with Gasteiger partial charge in [0.15, 0.2) is 0 Å². The lowest BCUT2D eigenvalue weighted by atomic mass is 9.93. The lowest BCUT2D eigenvalue weighted by Crippen LogP contribution is -2.46. The van der Waals surface area contributed by atoms with Crippen LogP contribution in [0.2, 0.25) is 0 Å². The van der Waals surface area contributed by atoms with Crippen molar-refractivity contribution < 1.29 is 4.79 Å². The van der Waals surface area contributed by atoms with Crippen LogP contribution in [0.3, 0.4) is 0 Å². The first-order valence-corrected chi connectivity index (χ1v) is 7.83. The van der Waals surface area contributed by atoms with Crippen LogP contribution in [0.25, 0.3) is 0 Å². The Morgan fingerprint density at radius 1 is 1.30 bits per heavy atom. The number of carbonyl (C=O) groups is 1. The van der Waals surface area contributed by atoms with Crippen molar-refractivity contribution in [3.8, 4) is 0 Å². The summed E-state index contributed by atoms with van der Waals surface area (Å²) in [4.78, 5) is 14.6. The second kappa shape index (κ2) is 5.96. The van der Waals surface area contributed by atoms with E-state index in [4.69, 9.17) is 0 Å². The number of nitrogens with zero attached hydrogens (tertiary/aromatic N) is 1. The van der Waals surface area contributed by atoms with Crippen molar-refractivity contribution in [2.24, 2.45) is 5.92 Å². The van der Waals surface area contributed by atoms with Gasteiger partial charge in [-0.15, -0.1) is 0 Å². The second-order valence-corrected chi connectivity index (χ2v) is 6.16. The molecule has 0 aromatic heterocycles. The molecule has 2 saturated heterocycles. The molecular formula is C17H24N2O. The zero-order chi connectivity index (χ0) is 13.9. The van der Waals surface area contributed by atoms with E-state index in [-0.39, 0.29) is 6.04 Å². The highest BCUT2D eigenvalue weighted by Crippen LogP contribution is 2.28. The topological polar surface area (TPSA) is 32.3 Å². The molecule has 0 aliphatic carbocycles. The molecule has 2 aliphatic heterocycles. The molecule has 1 aromatic rings. The second-order valence-electron chi connectivity index (χ2n) is 6.16.